The van der Waals surface area contributed by atoms with Gasteiger partial charge in [-0.3, -0.25) is 13.6 Å². The van der Waals surface area contributed by atoms with Crippen molar-refractivity contribution in [2.45, 2.75) is 38.5 Å². The second-order valence-corrected chi connectivity index (χ2v) is 6.94. The molecule has 0 bridgehead atoms. The van der Waals surface area contributed by atoms with Crippen molar-refractivity contribution >= 4 is 42.6 Å². The number of rotatable bonds is 15. The molecule has 20 heavy (non-hydrogen) atoms. The second kappa shape index (κ2) is 14.9. The van der Waals surface area contributed by atoms with Gasteiger partial charge in [-0.25, -0.2) is 4.57 Å². The van der Waals surface area contributed by atoms with Gasteiger partial charge in [0.1, 0.15) is 0 Å². The lowest BCUT2D eigenvalue weighted by molar-refractivity contribution is 0.110. The lowest BCUT2D eigenvalue weighted by atomic mass is 10.4. The molecule has 0 radical (unpaired) electrons. The van der Waals surface area contributed by atoms with E-state index in [2.05, 4.69) is 0 Å². The maximum atomic E-state index is 12.3. The molecular formula is C12H24Cl3O4P. The van der Waals surface area contributed by atoms with E-state index in [0.717, 1.165) is 38.5 Å². The van der Waals surface area contributed by atoms with Crippen LogP contribution < -0.4 is 0 Å². The van der Waals surface area contributed by atoms with Crippen molar-refractivity contribution in [1.82, 2.24) is 0 Å². The Morgan fingerprint density at radius 2 is 0.900 bits per heavy atom. The molecule has 0 spiro atoms. The van der Waals surface area contributed by atoms with Crippen LogP contribution in [0.3, 0.4) is 0 Å². The Hall–Kier alpha value is 0.980. The van der Waals surface area contributed by atoms with Crippen molar-refractivity contribution in [1.29, 1.82) is 0 Å². The van der Waals surface area contributed by atoms with E-state index in [4.69, 9.17) is 48.4 Å². The van der Waals surface area contributed by atoms with Crippen LogP contribution in [0.2, 0.25) is 0 Å². The Morgan fingerprint density at radius 3 is 1.15 bits per heavy atom. The van der Waals surface area contributed by atoms with E-state index in [1.165, 1.54) is 0 Å². The zero-order valence-electron chi connectivity index (χ0n) is 11.7. The first-order valence-electron chi connectivity index (χ1n) is 6.90. The van der Waals surface area contributed by atoms with Gasteiger partial charge in [-0.2, -0.15) is 0 Å². The number of unbranched alkanes of at least 4 members (excludes halogenated alkanes) is 3. The van der Waals surface area contributed by atoms with Gasteiger partial charge in [-0.1, -0.05) is 0 Å². The molecule has 0 fully saturated rings. The second-order valence-electron chi connectivity index (χ2n) is 4.14. The minimum atomic E-state index is -3.47. The van der Waals surface area contributed by atoms with Crippen molar-refractivity contribution in [2.75, 3.05) is 37.5 Å². The van der Waals surface area contributed by atoms with Gasteiger partial charge in [0.15, 0.2) is 0 Å². The fourth-order valence-corrected chi connectivity index (χ4v) is 3.08. The third-order valence-electron chi connectivity index (χ3n) is 2.33. The standard InChI is InChI=1S/C12H24Cl3O4P/c13-7-1-4-10-17-20(16,18-11-5-2-8-14)19-12-6-3-9-15/h1-12H2. The predicted molar refractivity (Wildman–Crippen MR) is 85.3 cm³/mol. The van der Waals surface area contributed by atoms with Crippen LogP contribution in [0.4, 0.5) is 0 Å². The summed E-state index contributed by atoms with van der Waals surface area (Å²) in [5, 5.41) is 0. The summed E-state index contributed by atoms with van der Waals surface area (Å²) < 4.78 is 28.2. The Kier molecular flexibility index (Phi) is 15.6. The molecule has 0 aromatic rings. The minimum Gasteiger partial charge on any atom is -0.287 e. The van der Waals surface area contributed by atoms with Crippen LogP contribution in [-0.4, -0.2) is 37.5 Å². The molecule has 0 aromatic heterocycles. The lowest BCUT2D eigenvalue weighted by Crippen LogP contribution is -2.04. The molecule has 0 saturated carbocycles. The van der Waals surface area contributed by atoms with E-state index in [0.29, 0.717) is 37.5 Å². The zero-order chi connectivity index (χ0) is 15.1. The average molecular weight is 370 g/mol. The maximum Gasteiger partial charge on any atom is 0.474 e. The highest BCUT2D eigenvalue weighted by atomic mass is 35.5. The number of hydrogen-bond acceptors (Lipinski definition) is 4. The molecule has 0 unspecified atom stereocenters. The van der Waals surface area contributed by atoms with E-state index in [1.54, 1.807) is 0 Å². The first-order chi connectivity index (χ1) is 9.68. The van der Waals surface area contributed by atoms with E-state index < -0.39 is 7.82 Å². The van der Waals surface area contributed by atoms with Crippen molar-refractivity contribution in [2.24, 2.45) is 0 Å². The highest BCUT2D eigenvalue weighted by molar-refractivity contribution is 7.48. The molecule has 0 aromatic carbocycles. The first-order valence-corrected chi connectivity index (χ1v) is 9.96. The smallest absolute Gasteiger partial charge is 0.287 e. The van der Waals surface area contributed by atoms with Crippen LogP contribution >= 0.6 is 42.6 Å². The zero-order valence-corrected chi connectivity index (χ0v) is 14.9. The summed E-state index contributed by atoms with van der Waals surface area (Å²) >= 11 is 16.7. The Morgan fingerprint density at radius 1 is 0.600 bits per heavy atom. The Labute approximate surface area is 137 Å². The largest absolute Gasteiger partial charge is 0.474 e. The SMILES string of the molecule is O=P(OCCCCCl)(OCCCCCl)OCCCCCl. The molecule has 4 nitrogen and oxygen atoms in total. The van der Waals surface area contributed by atoms with E-state index in [9.17, 15) is 4.57 Å². The predicted octanol–water partition coefficient (Wildman–Crippen LogP) is 5.20. The topological polar surface area (TPSA) is 44.8 Å². The minimum absolute atomic E-state index is 0.314. The number of alkyl halides is 3. The summed E-state index contributed by atoms with van der Waals surface area (Å²) in [4.78, 5) is 0. The molecule has 0 N–H and O–H groups in total. The van der Waals surface area contributed by atoms with Gasteiger partial charge >= 0.3 is 7.82 Å². The van der Waals surface area contributed by atoms with E-state index in [-0.39, 0.29) is 0 Å². The van der Waals surface area contributed by atoms with E-state index >= 15 is 0 Å². The molecule has 0 aliphatic rings. The number of hydrogen-bond donors (Lipinski definition) is 0. The van der Waals surface area contributed by atoms with Gasteiger partial charge in [0.2, 0.25) is 0 Å². The van der Waals surface area contributed by atoms with Crippen molar-refractivity contribution < 1.29 is 18.1 Å². The van der Waals surface area contributed by atoms with Gasteiger partial charge < -0.3 is 0 Å². The van der Waals surface area contributed by atoms with Crippen LogP contribution in [-0.2, 0) is 18.1 Å². The molecule has 0 aliphatic heterocycles. The summed E-state index contributed by atoms with van der Waals surface area (Å²) in [6, 6.07) is 0. The van der Waals surface area contributed by atoms with Crippen molar-refractivity contribution in [3.05, 3.63) is 0 Å². The summed E-state index contributed by atoms with van der Waals surface area (Å²) in [5.74, 6) is 1.67. The average Bonchev–Trinajstić information content (AvgIpc) is 2.45. The fraction of sp³-hybridized carbons (Fsp3) is 1.00. The van der Waals surface area contributed by atoms with Gasteiger partial charge in [-0.15, -0.1) is 34.8 Å². The molecular weight excluding hydrogens is 345 g/mol. The van der Waals surface area contributed by atoms with Gasteiger partial charge in [0.05, 0.1) is 19.8 Å². The number of halogens is 3. The van der Waals surface area contributed by atoms with Gasteiger partial charge in [-0.05, 0) is 38.5 Å². The summed E-state index contributed by atoms with van der Waals surface area (Å²) in [6.45, 7) is 0.943. The Bertz CT molecular complexity index is 219. The van der Waals surface area contributed by atoms with E-state index in [1.807, 2.05) is 0 Å². The quantitative estimate of drug-likeness (QED) is 0.226. The van der Waals surface area contributed by atoms with Crippen molar-refractivity contribution in [3.63, 3.8) is 0 Å². The molecule has 0 saturated heterocycles. The first kappa shape index (κ1) is 21.0. The van der Waals surface area contributed by atoms with Gasteiger partial charge in [0.25, 0.3) is 0 Å². The molecule has 0 aliphatic carbocycles. The summed E-state index contributed by atoms with van der Waals surface area (Å²) in [6.07, 6.45) is 4.59. The maximum absolute atomic E-state index is 12.3. The van der Waals surface area contributed by atoms with Crippen LogP contribution in [0.15, 0.2) is 0 Å². The molecule has 0 amide bonds. The fourth-order valence-electron chi connectivity index (χ4n) is 1.23. The third kappa shape index (κ3) is 12.7. The van der Waals surface area contributed by atoms with Gasteiger partial charge in [0, 0.05) is 17.6 Å². The highest BCUT2D eigenvalue weighted by Crippen LogP contribution is 2.49. The summed E-state index contributed by atoms with van der Waals surface area (Å²) in [7, 11) is -3.47. The van der Waals surface area contributed by atoms with Crippen LogP contribution in [0, 0.1) is 0 Å². The summed E-state index contributed by atoms with van der Waals surface area (Å²) in [5.41, 5.74) is 0. The van der Waals surface area contributed by atoms with Crippen molar-refractivity contribution in [3.8, 4) is 0 Å². The monoisotopic (exact) mass is 368 g/mol. The van der Waals surface area contributed by atoms with Crippen LogP contribution in [0.25, 0.3) is 0 Å². The molecule has 0 rings (SSSR count). The number of phosphoric acid groups is 1. The van der Waals surface area contributed by atoms with Crippen LogP contribution in [0.5, 0.6) is 0 Å². The Balaban J connectivity index is 4.02. The molecule has 8 heteroatoms. The third-order valence-corrected chi connectivity index (χ3v) is 4.63. The highest BCUT2D eigenvalue weighted by Gasteiger charge is 2.25. The molecule has 0 atom stereocenters. The normalized spacial score (nSPS) is 11.9. The van der Waals surface area contributed by atoms with Crippen LogP contribution in [0.1, 0.15) is 38.5 Å². The molecule has 0 heterocycles. The molecule has 122 valence electrons. The number of phosphoric ester groups is 1. The lowest BCUT2D eigenvalue weighted by Gasteiger charge is -2.18.